The minimum Gasteiger partial charge on any atom is -0.316 e. The summed E-state index contributed by atoms with van der Waals surface area (Å²) in [6.45, 7) is 3.63. The second-order valence-corrected chi connectivity index (χ2v) is 4.47. The highest BCUT2D eigenvalue weighted by molar-refractivity contribution is 5.37. The fourth-order valence-corrected chi connectivity index (χ4v) is 2.35. The third-order valence-corrected chi connectivity index (χ3v) is 3.37. The predicted molar refractivity (Wildman–Crippen MR) is 61.0 cm³/mol. The summed E-state index contributed by atoms with van der Waals surface area (Å²) in [4.78, 5) is 0. The zero-order valence-electron chi connectivity index (χ0n) is 9.77. The summed E-state index contributed by atoms with van der Waals surface area (Å²) in [5.74, 6) is 0.190. The molecule has 0 amide bonds. The van der Waals surface area contributed by atoms with E-state index in [1.807, 2.05) is 6.92 Å². The van der Waals surface area contributed by atoms with Gasteiger partial charge in [0, 0.05) is 6.54 Å². The minimum absolute atomic E-state index is 0.190. The van der Waals surface area contributed by atoms with Gasteiger partial charge in [-0.25, -0.2) is 0 Å². The van der Waals surface area contributed by atoms with Crippen LogP contribution >= 0.6 is 0 Å². The van der Waals surface area contributed by atoms with Crippen LogP contribution in [0.25, 0.3) is 0 Å². The van der Waals surface area contributed by atoms with Crippen LogP contribution in [0.1, 0.15) is 36.0 Å². The van der Waals surface area contributed by atoms with Gasteiger partial charge >= 0.3 is 6.18 Å². The van der Waals surface area contributed by atoms with E-state index in [9.17, 15) is 13.2 Å². The average molecular weight is 243 g/mol. The Balaban J connectivity index is 2.43. The molecular weight excluding hydrogens is 227 g/mol. The van der Waals surface area contributed by atoms with Crippen molar-refractivity contribution in [1.82, 2.24) is 5.32 Å². The van der Waals surface area contributed by atoms with Gasteiger partial charge < -0.3 is 5.32 Å². The van der Waals surface area contributed by atoms with Crippen LogP contribution in [-0.2, 0) is 12.6 Å². The van der Waals surface area contributed by atoms with E-state index < -0.39 is 11.7 Å². The Bertz CT molecular complexity index is 398. The standard InChI is InChI=1S/C13H16F3N/c1-2-9-8-17-6-5-10-3-4-11(7-12(9)10)13(14,15)16/h3-4,7,9,17H,2,5-6,8H2,1H3. The van der Waals surface area contributed by atoms with Gasteiger partial charge in [-0.2, -0.15) is 13.2 Å². The topological polar surface area (TPSA) is 12.0 Å². The van der Waals surface area contributed by atoms with Gasteiger partial charge in [0.15, 0.2) is 0 Å². The van der Waals surface area contributed by atoms with Crippen LogP contribution in [0.15, 0.2) is 18.2 Å². The summed E-state index contributed by atoms with van der Waals surface area (Å²) in [5.41, 5.74) is 1.39. The van der Waals surface area contributed by atoms with Crippen molar-refractivity contribution in [3.05, 3.63) is 34.9 Å². The molecule has 0 saturated heterocycles. The Morgan fingerprint density at radius 2 is 2.12 bits per heavy atom. The third-order valence-electron chi connectivity index (χ3n) is 3.37. The van der Waals surface area contributed by atoms with Gasteiger partial charge in [0.05, 0.1) is 5.56 Å². The lowest BCUT2D eigenvalue weighted by Crippen LogP contribution is -2.19. The molecule has 4 heteroatoms. The van der Waals surface area contributed by atoms with Crippen molar-refractivity contribution >= 4 is 0 Å². The second kappa shape index (κ2) is 4.69. The number of halogens is 3. The molecule has 1 heterocycles. The average Bonchev–Trinajstić information content (AvgIpc) is 2.48. The lowest BCUT2D eigenvalue weighted by Gasteiger charge is -2.17. The van der Waals surface area contributed by atoms with Crippen LogP contribution in [0.4, 0.5) is 13.2 Å². The summed E-state index contributed by atoms with van der Waals surface area (Å²) in [5, 5.41) is 3.27. The first kappa shape index (κ1) is 12.4. The highest BCUT2D eigenvalue weighted by atomic mass is 19.4. The van der Waals surface area contributed by atoms with Crippen molar-refractivity contribution < 1.29 is 13.2 Å². The summed E-state index contributed by atoms with van der Waals surface area (Å²) >= 11 is 0. The molecule has 0 saturated carbocycles. The molecule has 0 spiro atoms. The first-order valence-electron chi connectivity index (χ1n) is 5.93. The van der Waals surface area contributed by atoms with Crippen LogP contribution in [0.5, 0.6) is 0 Å². The van der Waals surface area contributed by atoms with Crippen molar-refractivity contribution in [2.24, 2.45) is 0 Å². The Labute approximate surface area is 99.0 Å². The maximum atomic E-state index is 12.7. The SMILES string of the molecule is CCC1CNCCc2ccc(C(F)(F)F)cc21. The zero-order chi connectivity index (χ0) is 12.5. The van der Waals surface area contributed by atoms with E-state index in [2.05, 4.69) is 5.32 Å². The lowest BCUT2D eigenvalue weighted by molar-refractivity contribution is -0.137. The monoisotopic (exact) mass is 243 g/mol. The fourth-order valence-electron chi connectivity index (χ4n) is 2.35. The number of rotatable bonds is 1. The molecule has 1 aromatic carbocycles. The van der Waals surface area contributed by atoms with Crippen molar-refractivity contribution in [2.45, 2.75) is 31.9 Å². The van der Waals surface area contributed by atoms with E-state index >= 15 is 0 Å². The molecule has 0 aromatic heterocycles. The highest BCUT2D eigenvalue weighted by Crippen LogP contribution is 2.34. The fraction of sp³-hybridized carbons (Fsp3) is 0.538. The quantitative estimate of drug-likeness (QED) is 0.797. The number of hydrogen-bond acceptors (Lipinski definition) is 1. The Kier molecular flexibility index (Phi) is 3.43. The molecule has 1 aliphatic heterocycles. The number of fused-ring (bicyclic) bond motifs is 1. The van der Waals surface area contributed by atoms with E-state index in [1.54, 1.807) is 6.07 Å². The smallest absolute Gasteiger partial charge is 0.316 e. The number of nitrogens with one attached hydrogen (secondary N) is 1. The van der Waals surface area contributed by atoms with Gasteiger partial charge in [0.1, 0.15) is 0 Å². The molecule has 1 unspecified atom stereocenters. The normalized spacial score (nSPS) is 20.8. The van der Waals surface area contributed by atoms with E-state index in [-0.39, 0.29) is 5.92 Å². The molecule has 0 radical (unpaired) electrons. The molecule has 2 rings (SSSR count). The molecule has 0 aliphatic carbocycles. The van der Waals surface area contributed by atoms with E-state index in [1.165, 1.54) is 12.1 Å². The predicted octanol–water partition coefficient (Wildman–Crippen LogP) is 3.34. The summed E-state index contributed by atoms with van der Waals surface area (Å²) in [6, 6.07) is 4.15. The van der Waals surface area contributed by atoms with E-state index in [4.69, 9.17) is 0 Å². The number of alkyl halides is 3. The molecule has 1 aliphatic rings. The van der Waals surface area contributed by atoms with Gasteiger partial charge in [0.25, 0.3) is 0 Å². The molecule has 94 valence electrons. The molecular formula is C13H16F3N. The lowest BCUT2D eigenvalue weighted by atomic mass is 9.90. The largest absolute Gasteiger partial charge is 0.416 e. The van der Waals surface area contributed by atoms with Crippen LogP contribution in [0, 0.1) is 0 Å². The summed E-state index contributed by atoms with van der Waals surface area (Å²) in [7, 11) is 0. The van der Waals surface area contributed by atoms with Crippen LogP contribution in [0.3, 0.4) is 0 Å². The molecule has 0 fully saturated rings. The van der Waals surface area contributed by atoms with Crippen LogP contribution < -0.4 is 5.32 Å². The molecule has 17 heavy (non-hydrogen) atoms. The summed E-state index contributed by atoms with van der Waals surface area (Å²) in [6.07, 6.45) is -2.57. The maximum Gasteiger partial charge on any atom is 0.416 e. The van der Waals surface area contributed by atoms with Crippen molar-refractivity contribution in [1.29, 1.82) is 0 Å². The zero-order valence-corrected chi connectivity index (χ0v) is 9.77. The highest BCUT2D eigenvalue weighted by Gasteiger charge is 2.31. The maximum absolute atomic E-state index is 12.7. The van der Waals surface area contributed by atoms with Crippen molar-refractivity contribution in [2.75, 3.05) is 13.1 Å². The van der Waals surface area contributed by atoms with Gasteiger partial charge in [-0.15, -0.1) is 0 Å². The third kappa shape index (κ3) is 2.63. The molecule has 1 N–H and O–H groups in total. The van der Waals surface area contributed by atoms with Crippen molar-refractivity contribution in [3.63, 3.8) is 0 Å². The van der Waals surface area contributed by atoms with E-state index in [0.717, 1.165) is 37.1 Å². The molecule has 1 aromatic rings. The Morgan fingerprint density at radius 1 is 1.35 bits per heavy atom. The van der Waals surface area contributed by atoms with Crippen LogP contribution in [0.2, 0.25) is 0 Å². The minimum atomic E-state index is -4.24. The van der Waals surface area contributed by atoms with Gasteiger partial charge in [-0.05, 0) is 48.6 Å². The van der Waals surface area contributed by atoms with Crippen molar-refractivity contribution in [3.8, 4) is 0 Å². The Hall–Kier alpha value is -1.03. The first-order valence-corrected chi connectivity index (χ1v) is 5.93. The van der Waals surface area contributed by atoms with Gasteiger partial charge in [-0.1, -0.05) is 13.0 Å². The van der Waals surface area contributed by atoms with Gasteiger partial charge in [0.2, 0.25) is 0 Å². The second-order valence-electron chi connectivity index (χ2n) is 4.47. The molecule has 0 bridgehead atoms. The number of benzene rings is 1. The van der Waals surface area contributed by atoms with E-state index in [0.29, 0.717) is 0 Å². The van der Waals surface area contributed by atoms with Crippen LogP contribution in [-0.4, -0.2) is 13.1 Å². The molecule has 1 atom stereocenters. The molecule has 1 nitrogen and oxygen atoms in total. The Morgan fingerprint density at radius 3 is 2.76 bits per heavy atom. The van der Waals surface area contributed by atoms with Gasteiger partial charge in [-0.3, -0.25) is 0 Å². The number of hydrogen-bond donors (Lipinski definition) is 1. The first-order chi connectivity index (χ1) is 8.02. The summed E-state index contributed by atoms with van der Waals surface area (Å²) < 4.78 is 38.0.